The van der Waals surface area contributed by atoms with Gasteiger partial charge in [0.1, 0.15) is 5.75 Å². The van der Waals surface area contributed by atoms with E-state index in [9.17, 15) is 0 Å². The van der Waals surface area contributed by atoms with Gasteiger partial charge in [-0.25, -0.2) is 0 Å². The minimum Gasteiger partial charge on any atom is -0.495 e. The van der Waals surface area contributed by atoms with E-state index in [4.69, 9.17) is 17.0 Å². The Kier molecular flexibility index (Phi) is 5.76. The number of para-hydroxylation sites is 2. The van der Waals surface area contributed by atoms with Crippen molar-refractivity contribution in [3.05, 3.63) is 60.2 Å². The predicted octanol–water partition coefficient (Wildman–Crippen LogP) is 3.45. The molecule has 1 aliphatic rings. The van der Waals surface area contributed by atoms with Gasteiger partial charge in [-0.15, -0.1) is 0 Å². The van der Waals surface area contributed by atoms with Gasteiger partial charge in [0.2, 0.25) is 0 Å². The van der Waals surface area contributed by atoms with E-state index in [0.29, 0.717) is 0 Å². The molecule has 0 spiro atoms. The first-order valence-corrected chi connectivity index (χ1v) is 9.08. The van der Waals surface area contributed by atoms with Gasteiger partial charge in [0, 0.05) is 26.2 Å². The Balaban J connectivity index is 1.56. The Bertz CT molecular complexity index is 699. The maximum absolute atomic E-state index is 5.63. The summed E-state index contributed by atoms with van der Waals surface area (Å²) in [4.78, 5) is 4.61. The van der Waals surface area contributed by atoms with Crippen LogP contribution in [0, 0.1) is 0 Å². The van der Waals surface area contributed by atoms with E-state index in [0.717, 1.165) is 42.7 Å². The first-order chi connectivity index (χ1) is 12.2. The number of benzene rings is 2. The molecular formula is C20H25N3OS. The second-order valence-electron chi connectivity index (χ2n) is 6.23. The van der Waals surface area contributed by atoms with Gasteiger partial charge in [0.05, 0.1) is 18.8 Å². The number of ether oxygens (including phenoxy) is 1. The fourth-order valence-electron chi connectivity index (χ4n) is 3.14. The summed E-state index contributed by atoms with van der Waals surface area (Å²) in [6, 6.07) is 18.8. The number of thiocarbonyl (C=S) groups is 1. The van der Waals surface area contributed by atoms with Gasteiger partial charge in [-0.2, -0.15) is 0 Å². The van der Waals surface area contributed by atoms with Gasteiger partial charge < -0.3 is 19.9 Å². The van der Waals surface area contributed by atoms with Crippen LogP contribution >= 0.6 is 12.2 Å². The van der Waals surface area contributed by atoms with Crippen LogP contribution in [0.4, 0.5) is 5.69 Å². The molecule has 0 aliphatic carbocycles. The lowest BCUT2D eigenvalue weighted by Gasteiger charge is -2.38. The van der Waals surface area contributed by atoms with Gasteiger partial charge in [0.25, 0.3) is 0 Å². The normalized spacial score (nSPS) is 15.6. The molecule has 1 unspecified atom stereocenters. The number of anilines is 1. The lowest BCUT2D eigenvalue weighted by Crippen LogP contribution is -2.52. The highest BCUT2D eigenvalue weighted by Gasteiger charge is 2.21. The fourth-order valence-corrected chi connectivity index (χ4v) is 3.50. The van der Waals surface area contributed by atoms with Crippen LogP contribution < -0.4 is 15.0 Å². The molecule has 2 aromatic carbocycles. The number of nitrogens with one attached hydrogen (secondary N) is 1. The summed E-state index contributed by atoms with van der Waals surface area (Å²) in [7, 11) is 1.72. The number of methoxy groups -OCH3 is 1. The average Bonchev–Trinajstić information content (AvgIpc) is 2.68. The Labute approximate surface area is 155 Å². The molecule has 25 heavy (non-hydrogen) atoms. The number of hydrogen-bond acceptors (Lipinski definition) is 3. The van der Waals surface area contributed by atoms with E-state index in [-0.39, 0.29) is 6.04 Å². The Morgan fingerprint density at radius 3 is 2.32 bits per heavy atom. The van der Waals surface area contributed by atoms with Crippen LogP contribution in [-0.2, 0) is 0 Å². The monoisotopic (exact) mass is 355 g/mol. The van der Waals surface area contributed by atoms with E-state index in [2.05, 4.69) is 58.4 Å². The van der Waals surface area contributed by atoms with Gasteiger partial charge in [0.15, 0.2) is 5.11 Å². The number of nitrogens with zero attached hydrogens (tertiary/aromatic N) is 2. The van der Waals surface area contributed by atoms with Crippen LogP contribution in [-0.4, -0.2) is 43.3 Å². The molecular weight excluding hydrogens is 330 g/mol. The van der Waals surface area contributed by atoms with Crippen LogP contribution in [0.25, 0.3) is 0 Å². The Morgan fingerprint density at radius 2 is 1.64 bits per heavy atom. The smallest absolute Gasteiger partial charge is 0.169 e. The Hall–Kier alpha value is -2.27. The first-order valence-electron chi connectivity index (χ1n) is 8.67. The average molecular weight is 356 g/mol. The maximum atomic E-state index is 5.63. The summed E-state index contributed by atoms with van der Waals surface area (Å²) in [6.07, 6.45) is 0. The van der Waals surface area contributed by atoms with Gasteiger partial charge in [-0.1, -0.05) is 42.5 Å². The molecule has 1 atom stereocenters. The van der Waals surface area contributed by atoms with Crippen LogP contribution in [0.1, 0.15) is 18.5 Å². The van der Waals surface area contributed by atoms with Crippen molar-refractivity contribution in [2.24, 2.45) is 0 Å². The lowest BCUT2D eigenvalue weighted by atomic mass is 10.1. The number of piperazine rings is 1. The number of hydrogen-bond donors (Lipinski definition) is 1. The third-order valence-corrected chi connectivity index (χ3v) is 5.01. The summed E-state index contributed by atoms with van der Waals surface area (Å²) in [6.45, 7) is 5.83. The van der Waals surface area contributed by atoms with E-state index < -0.39 is 0 Å². The topological polar surface area (TPSA) is 27.7 Å². The SMILES string of the molecule is COc1ccccc1N1CCN(C(=S)NC(C)c2ccccc2)CC1. The third-order valence-electron chi connectivity index (χ3n) is 4.63. The summed E-state index contributed by atoms with van der Waals surface area (Å²) in [5.41, 5.74) is 2.40. The zero-order valence-corrected chi connectivity index (χ0v) is 15.6. The third kappa shape index (κ3) is 4.23. The molecule has 4 nitrogen and oxygen atoms in total. The van der Waals surface area contributed by atoms with Crippen molar-refractivity contribution >= 4 is 23.0 Å². The summed E-state index contributed by atoms with van der Waals surface area (Å²) in [5.74, 6) is 0.925. The quantitative estimate of drug-likeness (QED) is 0.848. The van der Waals surface area contributed by atoms with Crippen LogP contribution in [0.3, 0.4) is 0 Å². The largest absolute Gasteiger partial charge is 0.495 e. The van der Waals surface area contributed by atoms with Crippen LogP contribution in [0.15, 0.2) is 54.6 Å². The molecule has 0 amide bonds. The Morgan fingerprint density at radius 1 is 1.00 bits per heavy atom. The van der Waals surface area contributed by atoms with Crippen molar-refractivity contribution in [1.29, 1.82) is 0 Å². The van der Waals surface area contributed by atoms with Crippen LogP contribution in [0.5, 0.6) is 5.75 Å². The molecule has 5 heteroatoms. The molecule has 132 valence electrons. The summed E-state index contributed by atoms with van der Waals surface area (Å²) in [5, 5.41) is 4.29. The molecule has 1 heterocycles. The second kappa shape index (κ2) is 8.21. The molecule has 1 fully saturated rings. The molecule has 3 rings (SSSR count). The zero-order valence-electron chi connectivity index (χ0n) is 14.8. The van der Waals surface area contributed by atoms with Gasteiger partial charge in [-0.05, 0) is 36.8 Å². The summed E-state index contributed by atoms with van der Waals surface area (Å²) >= 11 is 5.63. The number of rotatable bonds is 4. The molecule has 2 aromatic rings. The molecule has 1 N–H and O–H groups in total. The van der Waals surface area contributed by atoms with E-state index in [1.165, 1.54) is 5.56 Å². The lowest BCUT2D eigenvalue weighted by molar-refractivity contribution is 0.370. The highest BCUT2D eigenvalue weighted by atomic mass is 32.1. The molecule has 0 bridgehead atoms. The van der Waals surface area contributed by atoms with Crippen molar-refractivity contribution in [3.8, 4) is 5.75 Å². The van der Waals surface area contributed by atoms with Crippen molar-refractivity contribution in [1.82, 2.24) is 10.2 Å². The molecule has 0 aromatic heterocycles. The van der Waals surface area contributed by atoms with Gasteiger partial charge in [-0.3, -0.25) is 0 Å². The van der Waals surface area contributed by atoms with E-state index in [1.807, 2.05) is 18.2 Å². The molecule has 1 aliphatic heterocycles. The molecule has 0 saturated carbocycles. The van der Waals surface area contributed by atoms with Gasteiger partial charge >= 0.3 is 0 Å². The predicted molar refractivity (Wildman–Crippen MR) is 107 cm³/mol. The highest BCUT2D eigenvalue weighted by Crippen LogP contribution is 2.28. The van der Waals surface area contributed by atoms with Crippen LogP contribution in [0.2, 0.25) is 0 Å². The maximum Gasteiger partial charge on any atom is 0.169 e. The first kappa shape index (κ1) is 17.5. The van der Waals surface area contributed by atoms with Crippen molar-refractivity contribution in [2.45, 2.75) is 13.0 Å². The van der Waals surface area contributed by atoms with Crippen molar-refractivity contribution < 1.29 is 4.74 Å². The van der Waals surface area contributed by atoms with Crippen molar-refractivity contribution in [2.75, 3.05) is 38.2 Å². The zero-order chi connectivity index (χ0) is 17.6. The second-order valence-corrected chi connectivity index (χ2v) is 6.61. The molecule has 1 saturated heterocycles. The summed E-state index contributed by atoms with van der Waals surface area (Å²) < 4.78 is 5.48. The minimum atomic E-state index is 0.209. The molecule has 0 radical (unpaired) electrons. The standard InChI is InChI=1S/C20H25N3OS/c1-16(17-8-4-3-5-9-17)21-20(25)23-14-12-22(13-15-23)18-10-6-7-11-19(18)24-2/h3-11,16H,12-15H2,1-2H3,(H,21,25). The van der Waals surface area contributed by atoms with E-state index in [1.54, 1.807) is 7.11 Å². The highest BCUT2D eigenvalue weighted by molar-refractivity contribution is 7.80. The van der Waals surface area contributed by atoms with E-state index >= 15 is 0 Å². The fraction of sp³-hybridized carbons (Fsp3) is 0.350. The van der Waals surface area contributed by atoms with Crippen molar-refractivity contribution in [3.63, 3.8) is 0 Å². The minimum absolute atomic E-state index is 0.209.